The average Bonchev–Trinajstić information content (AvgIpc) is 3.34. The maximum atomic E-state index is 12.7. The lowest BCUT2D eigenvalue weighted by atomic mass is 10.0. The third kappa shape index (κ3) is 4.22. The van der Waals surface area contributed by atoms with E-state index in [1.807, 2.05) is 9.58 Å². The molecule has 2 aromatic rings. The van der Waals surface area contributed by atoms with Crippen LogP contribution in [0.2, 0.25) is 0 Å². The fourth-order valence-corrected chi connectivity index (χ4v) is 3.87. The summed E-state index contributed by atoms with van der Waals surface area (Å²) in [6.07, 6.45) is 2.98. The maximum absolute atomic E-state index is 12.7. The van der Waals surface area contributed by atoms with Crippen molar-refractivity contribution in [1.29, 1.82) is 0 Å². The lowest BCUT2D eigenvalue weighted by molar-refractivity contribution is -0.132. The van der Waals surface area contributed by atoms with Gasteiger partial charge in [-0.3, -0.25) is 14.8 Å². The number of nitrogens with zero attached hydrogens (tertiary/aromatic N) is 7. The first kappa shape index (κ1) is 19.0. The van der Waals surface area contributed by atoms with E-state index < -0.39 is 0 Å². The van der Waals surface area contributed by atoms with Crippen LogP contribution in [-0.2, 0) is 42.0 Å². The van der Waals surface area contributed by atoms with E-state index >= 15 is 0 Å². The highest BCUT2D eigenvalue weighted by Crippen LogP contribution is 2.21. The first-order valence-corrected chi connectivity index (χ1v) is 10.1. The highest BCUT2D eigenvalue weighted by Gasteiger charge is 2.24. The third-order valence-electron chi connectivity index (χ3n) is 5.54. The van der Waals surface area contributed by atoms with Crippen molar-refractivity contribution in [1.82, 2.24) is 40.2 Å². The molecule has 28 heavy (non-hydrogen) atoms. The molecule has 4 heterocycles. The van der Waals surface area contributed by atoms with Gasteiger partial charge in [0.1, 0.15) is 0 Å². The largest absolute Gasteiger partial charge is 0.379 e. The van der Waals surface area contributed by atoms with E-state index in [0.29, 0.717) is 19.5 Å². The summed E-state index contributed by atoms with van der Waals surface area (Å²) in [5.41, 5.74) is 3.46. The molecule has 4 rings (SSSR count). The van der Waals surface area contributed by atoms with Crippen LogP contribution < -0.4 is 0 Å². The van der Waals surface area contributed by atoms with Crippen LogP contribution in [0.5, 0.6) is 0 Å². The summed E-state index contributed by atoms with van der Waals surface area (Å²) >= 11 is 0. The van der Waals surface area contributed by atoms with Gasteiger partial charge >= 0.3 is 0 Å². The second-order valence-corrected chi connectivity index (χ2v) is 7.36. The number of fused-ring (bicyclic) bond motifs is 1. The molecular formula is C18H28N8O2. The van der Waals surface area contributed by atoms with Gasteiger partial charge in [-0.05, 0) is 23.3 Å². The van der Waals surface area contributed by atoms with Crippen molar-refractivity contribution in [3.8, 4) is 0 Å². The summed E-state index contributed by atoms with van der Waals surface area (Å²) < 4.78 is 7.20. The van der Waals surface area contributed by atoms with Gasteiger partial charge in [0, 0.05) is 56.8 Å². The number of tetrazole rings is 1. The number of aryl methyl sites for hydroxylation is 2. The average molecular weight is 388 g/mol. The number of hydrogen-bond acceptors (Lipinski definition) is 7. The number of aromatic nitrogens is 6. The summed E-state index contributed by atoms with van der Waals surface area (Å²) in [6, 6.07) is 0. The van der Waals surface area contributed by atoms with Crippen molar-refractivity contribution in [3.05, 3.63) is 22.8 Å². The quantitative estimate of drug-likeness (QED) is 0.720. The van der Waals surface area contributed by atoms with Gasteiger partial charge < -0.3 is 9.64 Å². The third-order valence-corrected chi connectivity index (χ3v) is 5.54. The highest BCUT2D eigenvalue weighted by atomic mass is 16.5. The summed E-state index contributed by atoms with van der Waals surface area (Å²) in [5, 5.41) is 19.5. The SMILES string of the molecule is CCc1n[nH]c2c1CN(C(=O)CCCn1nnnc1CN1CCOCC1)CC2. The van der Waals surface area contributed by atoms with Crippen LogP contribution in [0.25, 0.3) is 0 Å². The number of ether oxygens (including phenoxy) is 1. The Morgan fingerprint density at radius 2 is 2.11 bits per heavy atom. The molecule has 0 spiro atoms. The normalized spacial score (nSPS) is 17.7. The Hall–Kier alpha value is -2.33. The van der Waals surface area contributed by atoms with Crippen LogP contribution in [0, 0.1) is 0 Å². The Bertz CT molecular complexity index is 782. The highest BCUT2D eigenvalue weighted by molar-refractivity contribution is 5.76. The number of morpholine rings is 1. The Labute approximate surface area is 164 Å². The number of carbonyl (C=O) groups is 1. The van der Waals surface area contributed by atoms with E-state index in [2.05, 4.69) is 37.5 Å². The predicted octanol–water partition coefficient (Wildman–Crippen LogP) is 0.156. The molecule has 2 aliphatic heterocycles. The van der Waals surface area contributed by atoms with Crippen LogP contribution in [0.15, 0.2) is 0 Å². The number of nitrogens with one attached hydrogen (secondary N) is 1. The predicted molar refractivity (Wildman–Crippen MR) is 100 cm³/mol. The summed E-state index contributed by atoms with van der Waals surface area (Å²) in [6.45, 7) is 8.20. The van der Waals surface area contributed by atoms with Gasteiger partial charge in [0.05, 0.1) is 25.5 Å². The number of amides is 1. The van der Waals surface area contributed by atoms with Gasteiger partial charge in [0.15, 0.2) is 5.82 Å². The van der Waals surface area contributed by atoms with Gasteiger partial charge in [-0.25, -0.2) is 4.68 Å². The molecule has 2 aromatic heterocycles. The van der Waals surface area contributed by atoms with E-state index in [1.165, 1.54) is 11.3 Å². The number of carbonyl (C=O) groups excluding carboxylic acids is 1. The van der Waals surface area contributed by atoms with Crippen molar-refractivity contribution >= 4 is 5.91 Å². The van der Waals surface area contributed by atoms with Gasteiger partial charge in [-0.15, -0.1) is 5.10 Å². The Kier molecular flexibility index (Phi) is 5.96. The molecule has 0 atom stereocenters. The van der Waals surface area contributed by atoms with Crippen LogP contribution in [-0.4, -0.2) is 79.0 Å². The Morgan fingerprint density at radius 3 is 2.93 bits per heavy atom. The minimum atomic E-state index is 0.191. The molecule has 1 fully saturated rings. The minimum absolute atomic E-state index is 0.191. The van der Waals surface area contributed by atoms with Crippen molar-refractivity contribution in [2.75, 3.05) is 32.8 Å². The first-order valence-electron chi connectivity index (χ1n) is 10.1. The molecule has 0 saturated carbocycles. The fraction of sp³-hybridized carbons (Fsp3) is 0.722. The van der Waals surface area contributed by atoms with Gasteiger partial charge in [0.25, 0.3) is 0 Å². The summed E-state index contributed by atoms with van der Waals surface area (Å²) in [4.78, 5) is 16.9. The molecule has 0 bridgehead atoms. The molecule has 0 unspecified atom stereocenters. The van der Waals surface area contributed by atoms with Gasteiger partial charge in [0.2, 0.25) is 5.91 Å². The Morgan fingerprint density at radius 1 is 1.25 bits per heavy atom. The van der Waals surface area contributed by atoms with Crippen LogP contribution in [0.3, 0.4) is 0 Å². The van der Waals surface area contributed by atoms with E-state index in [1.54, 1.807) is 0 Å². The van der Waals surface area contributed by atoms with Crippen molar-refractivity contribution in [3.63, 3.8) is 0 Å². The Balaban J connectivity index is 1.26. The van der Waals surface area contributed by atoms with Crippen molar-refractivity contribution in [2.45, 2.75) is 52.2 Å². The van der Waals surface area contributed by atoms with Gasteiger partial charge in [-0.2, -0.15) is 5.10 Å². The molecule has 1 amide bonds. The number of rotatable bonds is 7. The molecule has 0 aliphatic carbocycles. The zero-order valence-corrected chi connectivity index (χ0v) is 16.4. The second kappa shape index (κ2) is 8.78. The molecule has 0 aromatic carbocycles. The summed E-state index contributed by atoms with van der Waals surface area (Å²) in [7, 11) is 0. The summed E-state index contributed by atoms with van der Waals surface area (Å²) in [5.74, 6) is 1.04. The topological polar surface area (TPSA) is 105 Å². The second-order valence-electron chi connectivity index (χ2n) is 7.36. The molecule has 152 valence electrons. The molecule has 1 N–H and O–H groups in total. The maximum Gasteiger partial charge on any atom is 0.222 e. The zero-order valence-electron chi connectivity index (χ0n) is 16.4. The lowest BCUT2D eigenvalue weighted by Crippen LogP contribution is -2.36. The fourth-order valence-electron chi connectivity index (χ4n) is 3.87. The van der Waals surface area contributed by atoms with Gasteiger partial charge in [-0.1, -0.05) is 6.92 Å². The smallest absolute Gasteiger partial charge is 0.222 e. The van der Waals surface area contributed by atoms with Crippen LogP contribution >= 0.6 is 0 Å². The first-order chi connectivity index (χ1) is 13.7. The van der Waals surface area contributed by atoms with Crippen LogP contribution in [0.1, 0.15) is 42.5 Å². The van der Waals surface area contributed by atoms with E-state index in [4.69, 9.17) is 4.74 Å². The molecule has 2 aliphatic rings. The minimum Gasteiger partial charge on any atom is -0.379 e. The number of H-pyrrole nitrogens is 1. The molecule has 10 heteroatoms. The number of hydrogen-bond donors (Lipinski definition) is 1. The van der Waals surface area contributed by atoms with E-state index in [9.17, 15) is 4.79 Å². The van der Waals surface area contributed by atoms with Crippen molar-refractivity contribution in [2.24, 2.45) is 0 Å². The number of aromatic amines is 1. The molecular weight excluding hydrogens is 360 g/mol. The lowest BCUT2D eigenvalue weighted by Gasteiger charge is -2.27. The molecule has 0 radical (unpaired) electrons. The monoisotopic (exact) mass is 388 g/mol. The molecule has 10 nitrogen and oxygen atoms in total. The standard InChI is InChI=1S/C18H28N8O2/c1-2-15-14-12-25(7-5-16(14)20-19-15)18(27)4-3-6-26-17(21-22-23-26)13-24-8-10-28-11-9-24/h2-13H2,1H3,(H,19,20). The van der Waals surface area contributed by atoms with Crippen LogP contribution in [0.4, 0.5) is 0 Å². The zero-order chi connectivity index (χ0) is 19.3. The van der Waals surface area contributed by atoms with E-state index in [0.717, 1.165) is 70.2 Å². The van der Waals surface area contributed by atoms with Crippen molar-refractivity contribution < 1.29 is 9.53 Å². The van der Waals surface area contributed by atoms with E-state index in [-0.39, 0.29) is 5.91 Å². The molecule has 1 saturated heterocycles.